The monoisotopic (exact) mass is 262 g/mol. The van der Waals surface area contributed by atoms with Crippen molar-refractivity contribution in [2.75, 3.05) is 39.9 Å². The van der Waals surface area contributed by atoms with Gasteiger partial charge in [0.25, 0.3) is 0 Å². The van der Waals surface area contributed by atoms with E-state index in [9.17, 15) is 4.79 Å². The highest BCUT2D eigenvalue weighted by Crippen LogP contribution is 2.31. The SMILES string of the molecule is CN1CCNC(C(=O)c2ccc3c(c2)OCCO3)C1. The molecule has 0 saturated carbocycles. The molecule has 5 nitrogen and oxygen atoms in total. The molecule has 19 heavy (non-hydrogen) atoms. The van der Waals surface area contributed by atoms with Crippen LogP contribution in [0.4, 0.5) is 0 Å². The number of nitrogens with zero attached hydrogens (tertiary/aromatic N) is 1. The Labute approximate surface area is 112 Å². The van der Waals surface area contributed by atoms with Crippen molar-refractivity contribution in [3.05, 3.63) is 23.8 Å². The van der Waals surface area contributed by atoms with Gasteiger partial charge in [0.15, 0.2) is 17.3 Å². The summed E-state index contributed by atoms with van der Waals surface area (Å²) in [5.74, 6) is 1.50. The zero-order chi connectivity index (χ0) is 13.2. The van der Waals surface area contributed by atoms with Gasteiger partial charge in [0, 0.05) is 25.2 Å². The van der Waals surface area contributed by atoms with Crippen molar-refractivity contribution in [3.8, 4) is 11.5 Å². The average Bonchev–Trinajstić information content (AvgIpc) is 2.46. The minimum absolute atomic E-state index is 0.114. The second kappa shape index (κ2) is 5.19. The Bertz CT molecular complexity index is 490. The van der Waals surface area contributed by atoms with Gasteiger partial charge in [0.05, 0.1) is 6.04 Å². The normalized spacial score (nSPS) is 23.1. The van der Waals surface area contributed by atoms with Crippen molar-refractivity contribution in [3.63, 3.8) is 0 Å². The van der Waals surface area contributed by atoms with E-state index in [4.69, 9.17) is 9.47 Å². The number of piperazine rings is 1. The molecule has 1 saturated heterocycles. The zero-order valence-electron chi connectivity index (χ0n) is 11.0. The third-order valence-electron chi connectivity index (χ3n) is 3.52. The number of hydrogen-bond donors (Lipinski definition) is 1. The van der Waals surface area contributed by atoms with Crippen molar-refractivity contribution >= 4 is 5.78 Å². The molecule has 5 heteroatoms. The van der Waals surface area contributed by atoms with Gasteiger partial charge in [-0.3, -0.25) is 4.79 Å². The number of hydrogen-bond acceptors (Lipinski definition) is 5. The minimum Gasteiger partial charge on any atom is -0.486 e. The van der Waals surface area contributed by atoms with Crippen LogP contribution in [0.25, 0.3) is 0 Å². The Balaban J connectivity index is 1.79. The third kappa shape index (κ3) is 2.57. The summed E-state index contributed by atoms with van der Waals surface area (Å²) < 4.78 is 11.0. The van der Waals surface area contributed by atoms with Gasteiger partial charge < -0.3 is 19.7 Å². The quantitative estimate of drug-likeness (QED) is 0.789. The van der Waals surface area contributed by atoms with Gasteiger partial charge in [0.1, 0.15) is 13.2 Å². The maximum Gasteiger partial charge on any atom is 0.181 e. The predicted octanol–water partition coefficient (Wildman–Crippen LogP) is 0.544. The Hall–Kier alpha value is -1.59. The van der Waals surface area contributed by atoms with Crippen LogP contribution in [0, 0.1) is 0 Å². The highest BCUT2D eigenvalue weighted by molar-refractivity contribution is 6.00. The van der Waals surface area contributed by atoms with E-state index in [0.717, 1.165) is 25.4 Å². The molecule has 1 N–H and O–H groups in total. The number of nitrogens with one attached hydrogen (secondary N) is 1. The highest BCUT2D eigenvalue weighted by atomic mass is 16.6. The summed E-state index contributed by atoms with van der Waals surface area (Å²) in [5, 5.41) is 3.26. The van der Waals surface area contributed by atoms with Crippen molar-refractivity contribution < 1.29 is 14.3 Å². The third-order valence-corrected chi connectivity index (χ3v) is 3.52. The second-order valence-corrected chi connectivity index (χ2v) is 4.99. The van der Waals surface area contributed by atoms with Crippen LogP contribution < -0.4 is 14.8 Å². The number of likely N-dealkylation sites (N-methyl/N-ethyl adjacent to an activating group) is 1. The molecular formula is C14H18N2O3. The predicted molar refractivity (Wildman–Crippen MR) is 71.1 cm³/mol. The van der Waals surface area contributed by atoms with E-state index in [2.05, 4.69) is 10.2 Å². The van der Waals surface area contributed by atoms with Crippen LogP contribution in [-0.2, 0) is 0 Å². The zero-order valence-corrected chi connectivity index (χ0v) is 11.0. The number of rotatable bonds is 2. The van der Waals surface area contributed by atoms with E-state index in [1.807, 2.05) is 19.2 Å². The van der Waals surface area contributed by atoms with Crippen LogP contribution in [0.5, 0.6) is 11.5 Å². The van der Waals surface area contributed by atoms with E-state index >= 15 is 0 Å². The van der Waals surface area contributed by atoms with E-state index < -0.39 is 0 Å². The Morgan fingerprint density at radius 1 is 1.32 bits per heavy atom. The number of Topliss-reactive ketones (excluding diaryl/α,β-unsaturated/α-hetero) is 1. The van der Waals surface area contributed by atoms with Gasteiger partial charge in [-0.25, -0.2) is 0 Å². The molecule has 0 radical (unpaired) electrons. The molecule has 1 atom stereocenters. The smallest absolute Gasteiger partial charge is 0.181 e. The molecule has 0 aromatic heterocycles. The second-order valence-electron chi connectivity index (χ2n) is 4.99. The maximum absolute atomic E-state index is 12.4. The van der Waals surface area contributed by atoms with Crippen LogP contribution in [0.1, 0.15) is 10.4 Å². The molecule has 0 spiro atoms. The van der Waals surface area contributed by atoms with Crippen molar-refractivity contribution in [1.82, 2.24) is 10.2 Å². The fraction of sp³-hybridized carbons (Fsp3) is 0.500. The summed E-state index contributed by atoms with van der Waals surface area (Å²) in [6.45, 7) is 3.67. The number of benzene rings is 1. The number of carbonyl (C=O) groups is 1. The fourth-order valence-corrected chi connectivity index (χ4v) is 2.47. The number of fused-ring (bicyclic) bond motifs is 1. The molecule has 1 aromatic carbocycles. The number of ketones is 1. The number of carbonyl (C=O) groups excluding carboxylic acids is 1. The molecule has 3 rings (SSSR count). The first-order chi connectivity index (χ1) is 9.24. The molecule has 2 aliphatic rings. The van der Waals surface area contributed by atoms with Crippen LogP contribution in [0.15, 0.2) is 18.2 Å². The summed E-state index contributed by atoms with van der Waals surface area (Å²) in [7, 11) is 2.03. The highest BCUT2D eigenvalue weighted by Gasteiger charge is 2.25. The maximum atomic E-state index is 12.4. The van der Waals surface area contributed by atoms with E-state index in [0.29, 0.717) is 24.5 Å². The summed E-state index contributed by atoms with van der Waals surface area (Å²) in [6.07, 6.45) is 0. The molecular weight excluding hydrogens is 244 g/mol. The number of ether oxygens (including phenoxy) is 2. The van der Waals surface area contributed by atoms with Gasteiger partial charge in [-0.05, 0) is 25.2 Å². The molecule has 2 aliphatic heterocycles. The average molecular weight is 262 g/mol. The molecule has 102 valence electrons. The standard InChI is InChI=1S/C14H18N2O3/c1-16-5-4-15-11(9-16)14(17)10-2-3-12-13(8-10)19-7-6-18-12/h2-3,8,11,15H,4-7,9H2,1H3. The van der Waals surface area contributed by atoms with Crippen LogP contribution >= 0.6 is 0 Å². The van der Waals surface area contributed by atoms with E-state index in [1.165, 1.54) is 0 Å². The lowest BCUT2D eigenvalue weighted by atomic mass is 10.0. The summed E-state index contributed by atoms with van der Waals surface area (Å²) >= 11 is 0. The fourth-order valence-electron chi connectivity index (χ4n) is 2.47. The van der Waals surface area contributed by atoms with Crippen LogP contribution in [0.2, 0.25) is 0 Å². The van der Waals surface area contributed by atoms with E-state index in [-0.39, 0.29) is 11.8 Å². The molecule has 2 heterocycles. The minimum atomic E-state index is -0.138. The van der Waals surface area contributed by atoms with E-state index in [1.54, 1.807) is 6.07 Å². The van der Waals surface area contributed by atoms with Gasteiger partial charge in [-0.15, -0.1) is 0 Å². The Kier molecular flexibility index (Phi) is 3.40. The Morgan fingerprint density at radius 2 is 2.11 bits per heavy atom. The van der Waals surface area contributed by atoms with Crippen molar-refractivity contribution in [1.29, 1.82) is 0 Å². The molecule has 1 fully saturated rings. The van der Waals surface area contributed by atoms with Gasteiger partial charge in [-0.2, -0.15) is 0 Å². The van der Waals surface area contributed by atoms with Gasteiger partial charge in [-0.1, -0.05) is 0 Å². The lowest BCUT2D eigenvalue weighted by Crippen LogP contribution is -2.52. The first kappa shape index (κ1) is 12.4. The Morgan fingerprint density at radius 3 is 2.89 bits per heavy atom. The molecule has 0 bridgehead atoms. The van der Waals surface area contributed by atoms with Crippen molar-refractivity contribution in [2.24, 2.45) is 0 Å². The topological polar surface area (TPSA) is 50.8 Å². The lowest BCUT2D eigenvalue weighted by Gasteiger charge is -2.30. The molecule has 1 aromatic rings. The summed E-state index contributed by atoms with van der Waals surface area (Å²) in [4.78, 5) is 14.6. The largest absolute Gasteiger partial charge is 0.486 e. The molecule has 0 amide bonds. The molecule has 0 aliphatic carbocycles. The summed E-state index contributed by atoms with van der Waals surface area (Å²) in [5.41, 5.74) is 0.678. The first-order valence-electron chi connectivity index (χ1n) is 6.60. The molecule has 1 unspecified atom stereocenters. The lowest BCUT2D eigenvalue weighted by molar-refractivity contribution is 0.0893. The van der Waals surface area contributed by atoms with Crippen LogP contribution in [-0.4, -0.2) is 56.6 Å². The van der Waals surface area contributed by atoms with Gasteiger partial charge >= 0.3 is 0 Å². The summed E-state index contributed by atoms with van der Waals surface area (Å²) in [6, 6.07) is 5.27. The van der Waals surface area contributed by atoms with Crippen LogP contribution in [0.3, 0.4) is 0 Å². The van der Waals surface area contributed by atoms with Gasteiger partial charge in [0.2, 0.25) is 0 Å². The first-order valence-corrected chi connectivity index (χ1v) is 6.60. The van der Waals surface area contributed by atoms with Crippen molar-refractivity contribution in [2.45, 2.75) is 6.04 Å².